The van der Waals surface area contributed by atoms with Crippen LogP contribution in [0.15, 0.2) is 0 Å². The number of amides is 1. The molecule has 0 fully saturated rings. The molecule has 11 heavy (non-hydrogen) atoms. The number of carbonyl (C=O) groups excluding carboxylic acids is 1. The van der Waals surface area contributed by atoms with Gasteiger partial charge in [-0.2, -0.15) is 0 Å². The van der Waals surface area contributed by atoms with Crippen molar-refractivity contribution in [1.29, 1.82) is 0 Å². The summed E-state index contributed by atoms with van der Waals surface area (Å²) in [5.41, 5.74) is 5.11. The van der Waals surface area contributed by atoms with E-state index in [4.69, 9.17) is 5.73 Å². The highest BCUT2D eigenvalue weighted by Crippen LogP contribution is 2.17. The van der Waals surface area contributed by atoms with Gasteiger partial charge < -0.3 is 5.73 Å². The Kier molecular flexibility index (Phi) is 4.92. The average molecular weight is 157 g/mol. The summed E-state index contributed by atoms with van der Waals surface area (Å²) in [7, 11) is 0. The van der Waals surface area contributed by atoms with Crippen LogP contribution in [-0.2, 0) is 4.79 Å². The van der Waals surface area contributed by atoms with E-state index in [2.05, 4.69) is 20.8 Å². The van der Waals surface area contributed by atoms with Crippen LogP contribution in [0.3, 0.4) is 0 Å². The van der Waals surface area contributed by atoms with Gasteiger partial charge >= 0.3 is 0 Å². The van der Waals surface area contributed by atoms with Crippen molar-refractivity contribution in [2.75, 3.05) is 0 Å². The fourth-order valence-corrected chi connectivity index (χ4v) is 1.35. The molecule has 1 atom stereocenters. The van der Waals surface area contributed by atoms with E-state index >= 15 is 0 Å². The molecule has 0 aromatic carbocycles. The van der Waals surface area contributed by atoms with Gasteiger partial charge in [0.05, 0.1) is 0 Å². The van der Waals surface area contributed by atoms with Gasteiger partial charge in [-0.25, -0.2) is 0 Å². The normalized spacial score (nSPS) is 13.5. The van der Waals surface area contributed by atoms with Crippen LogP contribution in [0, 0.1) is 11.8 Å². The van der Waals surface area contributed by atoms with E-state index in [1.54, 1.807) is 0 Å². The van der Waals surface area contributed by atoms with Crippen LogP contribution in [0.5, 0.6) is 0 Å². The summed E-state index contributed by atoms with van der Waals surface area (Å²) in [6.07, 6.45) is 2.72. The summed E-state index contributed by atoms with van der Waals surface area (Å²) in [4.78, 5) is 10.6. The van der Waals surface area contributed by atoms with Gasteiger partial charge in [0.2, 0.25) is 5.91 Å². The van der Waals surface area contributed by atoms with E-state index in [9.17, 15) is 4.79 Å². The first-order valence-corrected chi connectivity index (χ1v) is 4.34. The quantitative estimate of drug-likeness (QED) is 0.651. The number of hydrogen-bond acceptors (Lipinski definition) is 1. The monoisotopic (exact) mass is 157 g/mol. The number of nitrogens with two attached hydrogens (primary N) is 1. The van der Waals surface area contributed by atoms with E-state index in [0.717, 1.165) is 12.8 Å². The number of hydrogen-bond donors (Lipinski definition) is 1. The Labute approximate surface area is 69.2 Å². The predicted molar refractivity (Wildman–Crippen MR) is 47.0 cm³/mol. The molecular formula is C9H19NO. The molecule has 0 aromatic heterocycles. The fraction of sp³-hybridized carbons (Fsp3) is 0.889. The highest BCUT2D eigenvalue weighted by Gasteiger charge is 2.10. The summed E-state index contributed by atoms with van der Waals surface area (Å²) >= 11 is 0. The molecule has 0 aliphatic carbocycles. The SMILES string of the molecule is CC[C@H](CC(N)=O)CC(C)C. The minimum Gasteiger partial charge on any atom is -0.370 e. The third-order valence-electron chi connectivity index (χ3n) is 1.87. The van der Waals surface area contributed by atoms with Crippen LogP contribution in [-0.4, -0.2) is 5.91 Å². The second-order valence-corrected chi connectivity index (χ2v) is 3.57. The molecule has 0 unspecified atom stereocenters. The number of primary amides is 1. The molecule has 0 radical (unpaired) electrons. The smallest absolute Gasteiger partial charge is 0.217 e. The van der Waals surface area contributed by atoms with Crippen molar-refractivity contribution in [2.24, 2.45) is 17.6 Å². The van der Waals surface area contributed by atoms with Gasteiger partial charge in [-0.15, -0.1) is 0 Å². The van der Waals surface area contributed by atoms with Crippen molar-refractivity contribution in [2.45, 2.75) is 40.0 Å². The van der Waals surface area contributed by atoms with Gasteiger partial charge in [0.25, 0.3) is 0 Å². The summed E-state index contributed by atoms with van der Waals surface area (Å²) in [5, 5.41) is 0. The van der Waals surface area contributed by atoms with E-state index in [0.29, 0.717) is 18.3 Å². The maximum Gasteiger partial charge on any atom is 0.217 e. The summed E-state index contributed by atoms with van der Waals surface area (Å²) in [5.74, 6) is 0.990. The van der Waals surface area contributed by atoms with Gasteiger partial charge in [0.15, 0.2) is 0 Å². The van der Waals surface area contributed by atoms with Crippen molar-refractivity contribution in [3.8, 4) is 0 Å². The fourth-order valence-electron chi connectivity index (χ4n) is 1.35. The number of rotatable bonds is 5. The predicted octanol–water partition coefficient (Wildman–Crippen LogP) is 1.93. The highest BCUT2D eigenvalue weighted by atomic mass is 16.1. The molecule has 2 heteroatoms. The Morgan fingerprint density at radius 3 is 2.27 bits per heavy atom. The molecule has 2 N–H and O–H groups in total. The minimum atomic E-state index is -0.169. The van der Waals surface area contributed by atoms with Crippen LogP contribution in [0.25, 0.3) is 0 Å². The van der Waals surface area contributed by atoms with Crippen LogP contribution < -0.4 is 5.73 Å². The van der Waals surface area contributed by atoms with Gasteiger partial charge in [-0.1, -0.05) is 27.2 Å². The summed E-state index contributed by atoms with van der Waals surface area (Å²) in [6.45, 7) is 6.45. The van der Waals surface area contributed by atoms with Crippen LogP contribution in [0.4, 0.5) is 0 Å². The Bertz CT molecular complexity index is 121. The zero-order chi connectivity index (χ0) is 8.85. The topological polar surface area (TPSA) is 43.1 Å². The molecule has 0 heterocycles. The molecule has 0 saturated carbocycles. The maximum absolute atomic E-state index is 10.6. The van der Waals surface area contributed by atoms with E-state index in [-0.39, 0.29) is 5.91 Å². The lowest BCUT2D eigenvalue weighted by Gasteiger charge is -2.14. The molecule has 0 spiro atoms. The van der Waals surface area contributed by atoms with Crippen molar-refractivity contribution >= 4 is 5.91 Å². The molecule has 2 nitrogen and oxygen atoms in total. The Morgan fingerprint density at radius 1 is 1.45 bits per heavy atom. The van der Waals surface area contributed by atoms with Crippen molar-refractivity contribution in [3.05, 3.63) is 0 Å². The second-order valence-electron chi connectivity index (χ2n) is 3.57. The largest absolute Gasteiger partial charge is 0.370 e. The molecule has 0 aromatic rings. The molecule has 1 amide bonds. The highest BCUT2D eigenvalue weighted by molar-refractivity contribution is 5.73. The zero-order valence-corrected chi connectivity index (χ0v) is 7.76. The molecule has 0 rings (SSSR count). The first-order valence-electron chi connectivity index (χ1n) is 4.34. The molecule has 0 aliphatic rings. The van der Waals surface area contributed by atoms with Crippen LogP contribution in [0.2, 0.25) is 0 Å². The minimum absolute atomic E-state index is 0.169. The Balaban J connectivity index is 3.66. The lowest BCUT2D eigenvalue weighted by molar-refractivity contribution is -0.119. The van der Waals surface area contributed by atoms with Crippen LogP contribution in [0.1, 0.15) is 40.0 Å². The Hall–Kier alpha value is -0.530. The third kappa shape index (κ3) is 5.89. The molecular weight excluding hydrogens is 138 g/mol. The number of carbonyl (C=O) groups is 1. The van der Waals surface area contributed by atoms with Crippen molar-refractivity contribution in [3.63, 3.8) is 0 Å². The van der Waals surface area contributed by atoms with Gasteiger partial charge in [-0.3, -0.25) is 4.79 Å². The third-order valence-corrected chi connectivity index (χ3v) is 1.87. The second kappa shape index (κ2) is 5.16. The lowest BCUT2D eigenvalue weighted by Crippen LogP contribution is -2.17. The van der Waals surface area contributed by atoms with Crippen LogP contribution >= 0.6 is 0 Å². The lowest BCUT2D eigenvalue weighted by atomic mass is 9.92. The van der Waals surface area contributed by atoms with E-state index < -0.39 is 0 Å². The van der Waals surface area contributed by atoms with Gasteiger partial charge in [0, 0.05) is 6.42 Å². The molecule has 66 valence electrons. The van der Waals surface area contributed by atoms with Crippen molar-refractivity contribution < 1.29 is 4.79 Å². The zero-order valence-electron chi connectivity index (χ0n) is 7.76. The first kappa shape index (κ1) is 10.5. The molecule has 0 saturated heterocycles. The standard InChI is InChI=1S/C9H19NO/c1-4-8(5-7(2)3)6-9(10)11/h7-8H,4-6H2,1-3H3,(H2,10,11)/t8-/m0/s1. The average Bonchev–Trinajstić information content (AvgIpc) is 1.84. The molecule has 0 bridgehead atoms. The van der Waals surface area contributed by atoms with Crippen molar-refractivity contribution in [1.82, 2.24) is 0 Å². The first-order chi connectivity index (χ1) is 5.06. The summed E-state index contributed by atoms with van der Waals surface area (Å²) in [6, 6.07) is 0. The molecule has 0 aliphatic heterocycles. The van der Waals surface area contributed by atoms with Gasteiger partial charge in [-0.05, 0) is 18.3 Å². The summed E-state index contributed by atoms with van der Waals surface area (Å²) < 4.78 is 0. The maximum atomic E-state index is 10.6. The Morgan fingerprint density at radius 2 is 2.00 bits per heavy atom. The van der Waals surface area contributed by atoms with Gasteiger partial charge in [0.1, 0.15) is 0 Å². The van der Waals surface area contributed by atoms with E-state index in [1.165, 1.54) is 0 Å². The van der Waals surface area contributed by atoms with E-state index in [1.807, 2.05) is 0 Å².